The Hall–Kier alpha value is -4.79. The predicted molar refractivity (Wildman–Crippen MR) is 122 cm³/mol. The number of halogens is 3. The average Bonchev–Trinajstić information content (AvgIpc) is 3.33. The molecule has 2 aromatic heterocycles. The summed E-state index contributed by atoms with van der Waals surface area (Å²) in [5, 5.41) is 14.7. The number of rotatable bonds is 3. The third-order valence-electron chi connectivity index (χ3n) is 5.56. The van der Waals surface area contributed by atoms with Crippen molar-refractivity contribution in [3.05, 3.63) is 82.2 Å². The van der Waals surface area contributed by atoms with Crippen LogP contribution in [0.25, 0.3) is 16.6 Å². The summed E-state index contributed by atoms with van der Waals surface area (Å²) in [5.74, 6) is 0.170. The number of fused-ring (bicyclic) bond motifs is 1. The zero-order chi connectivity index (χ0) is 24.7. The lowest BCUT2D eigenvalue weighted by Gasteiger charge is -2.26. The maximum atomic E-state index is 13.8. The Morgan fingerprint density at radius 1 is 1.09 bits per heavy atom. The van der Waals surface area contributed by atoms with Crippen molar-refractivity contribution in [2.45, 2.75) is 18.6 Å². The Labute approximate surface area is 195 Å². The number of anilines is 2. The number of nitrogens with zero attached hydrogens (tertiary/aromatic N) is 7. The van der Waals surface area contributed by atoms with Gasteiger partial charge in [-0.1, -0.05) is 24.3 Å². The minimum atomic E-state index is -4.75. The molecule has 0 saturated carbocycles. The lowest BCUT2D eigenvalue weighted by molar-refractivity contribution is -0.136. The maximum absolute atomic E-state index is 13.8. The van der Waals surface area contributed by atoms with Crippen LogP contribution in [-0.4, -0.2) is 25.7 Å². The zero-order valence-corrected chi connectivity index (χ0v) is 17.8. The van der Waals surface area contributed by atoms with Gasteiger partial charge in [0.15, 0.2) is 5.82 Å². The summed E-state index contributed by atoms with van der Waals surface area (Å²) in [5.41, 5.74) is 4.08. The van der Waals surface area contributed by atoms with Crippen LogP contribution in [0.4, 0.5) is 24.8 Å². The summed E-state index contributed by atoms with van der Waals surface area (Å²) in [6, 6.07) is 12.8. The van der Waals surface area contributed by atoms with Gasteiger partial charge in [-0.15, -0.1) is 0 Å². The molecule has 0 spiro atoms. The van der Waals surface area contributed by atoms with Gasteiger partial charge < -0.3 is 5.73 Å². The van der Waals surface area contributed by atoms with Crippen molar-refractivity contribution in [1.29, 1.82) is 5.26 Å². The molecular formula is C23H15F3N8O. The van der Waals surface area contributed by atoms with Gasteiger partial charge in [0, 0.05) is 12.6 Å². The molecule has 174 valence electrons. The molecule has 9 nitrogen and oxygen atoms in total. The molecule has 3 heterocycles. The first-order chi connectivity index (χ1) is 16.8. The first-order valence-electron chi connectivity index (χ1n) is 10.3. The molecule has 1 atom stereocenters. The number of hydrogen-bond acceptors (Lipinski definition) is 8. The molecule has 12 heteroatoms. The van der Waals surface area contributed by atoms with Crippen LogP contribution in [0.15, 0.2) is 64.8 Å². The lowest BCUT2D eigenvalue weighted by atomic mass is 10.1. The van der Waals surface area contributed by atoms with Crippen molar-refractivity contribution in [2.24, 2.45) is 5.10 Å². The van der Waals surface area contributed by atoms with Crippen molar-refractivity contribution in [1.82, 2.24) is 19.5 Å². The number of hydrazone groups is 1. The first-order valence-corrected chi connectivity index (χ1v) is 10.3. The Morgan fingerprint density at radius 2 is 1.86 bits per heavy atom. The van der Waals surface area contributed by atoms with Crippen LogP contribution >= 0.6 is 0 Å². The van der Waals surface area contributed by atoms with E-state index in [-0.39, 0.29) is 35.0 Å². The number of hydrogen-bond donors (Lipinski definition) is 1. The molecule has 1 aliphatic heterocycles. The second-order valence-corrected chi connectivity index (χ2v) is 7.61. The number of nitriles is 1. The molecule has 0 amide bonds. The van der Waals surface area contributed by atoms with E-state index >= 15 is 0 Å². The van der Waals surface area contributed by atoms with Crippen molar-refractivity contribution < 1.29 is 13.2 Å². The van der Waals surface area contributed by atoms with Crippen LogP contribution in [0.3, 0.4) is 0 Å². The molecule has 0 bridgehead atoms. The topological polar surface area (TPSA) is 126 Å². The fourth-order valence-electron chi connectivity index (χ4n) is 4.04. The Balaban J connectivity index is 1.81. The molecule has 0 radical (unpaired) electrons. The number of aromatic nitrogens is 4. The second-order valence-electron chi connectivity index (χ2n) is 7.61. The molecule has 35 heavy (non-hydrogen) atoms. The first kappa shape index (κ1) is 22.0. The highest BCUT2D eigenvalue weighted by Gasteiger charge is 2.37. The molecule has 1 aliphatic rings. The minimum Gasteiger partial charge on any atom is -0.382 e. The van der Waals surface area contributed by atoms with Crippen molar-refractivity contribution in [2.75, 3.05) is 10.7 Å². The van der Waals surface area contributed by atoms with E-state index in [1.807, 2.05) is 6.07 Å². The highest BCUT2D eigenvalue weighted by Crippen LogP contribution is 2.37. The van der Waals surface area contributed by atoms with Gasteiger partial charge in [0.05, 0.1) is 22.2 Å². The third kappa shape index (κ3) is 3.63. The van der Waals surface area contributed by atoms with E-state index in [1.54, 1.807) is 36.5 Å². The normalized spacial score (nSPS) is 15.5. The SMILES string of the molecule is N#Cc1c(N)ncnc1N1N=CC[C@@H]1c1nc2cccc(C(F)(F)F)c2c(=O)n1-c1ccccc1. The quantitative estimate of drug-likeness (QED) is 0.479. The van der Waals surface area contributed by atoms with Crippen LogP contribution in [0.5, 0.6) is 0 Å². The number of nitrogen functional groups attached to an aromatic ring is 1. The summed E-state index contributed by atoms with van der Waals surface area (Å²) >= 11 is 0. The van der Waals surface area contributed by atoms with Gasteiger partial charge in [0.25, 0.3) is 5.56 Å². The lowest BCUT2D eigenvalue weighted by Crippen LogP contribution is -2.32. The molecule has 0 saturated heterocycles. The highest BCUT2D eigenvalue weighted by atomic mass is 19.4. The number of nitrogens with two attached hydrogens (primary N) is 1. The van der Waals surface area contributed by atoms with Gasteiger partial charge in [-0.25, -0.2) is 20.0 Å². The van der Waals surface area contributed by atoms with Crippen LogP contribution in [0, 0.1) is 11.3 Å². The fraction of sp³-hybridized carbons (Fsp3) is 0.130. The monoisotopic (exact) mass is 476 g/mol. The zero-order valence-electron chi connectivity index (χ0n) is 17.8. The van der Waals surface area contributed by atoms with Gasteiger partial charge in [0.1, 0.15) is 35.6 Å². The van der Waals surface area contributed by atoms with Crippen molar-refractivity contribution in [3.8, 4) is 11.8 Å². The second kappa shape index (κ2) is 8.21. The van der Waals surface area contributed by atoms with E-state index in [4.69, 9.17) is 5.73 Å². The van der Waals surface area contributed by atoms with Crippen LogP contribution in [-0.2, 0) is 6.18 Å². The molecule has 0 aliphatic carbocycles. The molecule has 0 fully saturated rings. The van der Waals surface area contributed by atoms with Gasteiger partial charge in [-0.05, 0) is 24.3 Å². The minimum absolute atomic E-state index is 0.0229. The standard InChI is InChI=1S/C23H15F3N8O/c24-23(25,26)15-7-4-8-16-18(15)22(35)33(13-5-2-1-3-6-13)21(32-16)17-9-10-31-34(17)20-14(11-27)19(28)29-12-30-20/h1-8,10,12,17H,9H2,(H2,28,29,30)/t17-/m1/s1. The third-order valence-corrected chi connectivity index (χ3v) is 5.56. The largest absolute Gasteiger partial charge is 0.417 e. The molecule has 5 rings (SSSR count). The van der Waals surface area contributed by atoms with Gasteiger partial charge in [0.2, 0.25) is 0 Å². The number of alkyl halides is 3. The Kier molecular flexibility index (Phi) is 5.17. The molecular weight excluding hydrogens is 461 g/mol. The van der Waals surface area contributed by atoms with Gasteiger partial charge in [-0.2, -0.15) is 23.5 Å². The smallest absolute Gasteiger partial charge is 0.382 e. The predicted octanol–water partition coefficient (Wildman–Crippen LogP) is 3.59. The van der Waals surface area contributed by atoms with E-state index in [0.717, 1.165) is 10.6 Å². The van der Waals surface area contributed by atoms with E-state index in [2.05, 4.69) is 20.1 Å². The fourth-order valence-corrected chi connectivity index (χ4v) is 4.04. The van der Waals surface area contributed by atoms with Crippen LogP contribution in [0.2, 0.25) is 0 Å². The number of benzene rings is 2. The van der Waals surface area contributed by atoms with E-state index in [9.17, 15) is 23.2 Å². The molecule has 2 aromatic carbocycles. The summed E-state index contributed by atoms with van der Waals surface area (Å²) in [6.45, 7) is 0. The molecule has 2 N–H and O–H groups in total. The van der Waals surface area contributed by atoms with Crippen molar-refractivity contribution in [3.63, 3.8) is 0 Å². The summed E-state index contributed by atoms with van der Waals surface area (Å²) < 4.78 is 42.5. The average molecular weight is 476 g/mol. The summed E-state index contributed by atoms with van der Waals surface area (Å²) in [7, 11) is 0. The summed E-state index contributed by atoms with van der Waals surface area (Å²) in [4.78, 5) is 26.1. The van der Waals surface area contributed by atoms with E-state index in [0.29, 0.717) is 5.69 Å². The Bertz CT molecular complexity index is 1570. The molecule has 4 aromatic rings. The van der Waals surface area contributed by atoms with E-state index in [1.165, 1.54) is 23.5 Å². The van der Waals surface area contributed by atoms with Gasteiger partial charge >= 0.3 is 6.18 Å². The van der Waals surface area contributed by atoms with Crippen molar-refractivity contribution >= 4 is 28.8 Å². The van der Waals surface area contributed by atoms with Gasteiger partial charge in [-0.3, -0.25) is 9.36 Å². The molecule has 0 unspecified atom stereocenters. The number of para-hydroxylation sites is 1. The Morgan fingerprint density at radius 3 is 2.57 bits per heavy atom. The highest BCUT2D eigenvalue weighted by molar-refractivity contribution is 5.83. The van der Waals surface area contributed by atoms with Crippen LogP contribution < -0.4 is 16.3 Å². The maximum Gasteiger partial charge on any atom is 0.417 e. The van der Waals surface area contributed by atoms with Crippen LogP contribution in [0.1, 0.15) is 29.4 Å². The van der Waals surface area contributed by atoms with E-state index < -0.39 is 28.7 Å². The summed E-state index contributed by atoms with van der Waals surface area (Å²) in [6.07, 6.45) is -1.79.